The molecule has 5 nitrogen and oxygen atoms in total. The Bertz CT molecular complexity index is 847. The Morgan fingerprint density at radius 1 is 1.03 bits per heavy atom. The van der Waals surface area contributed by atoms with Crippen LogP contribution in [0, 0.1) is 5.82 Å². The number of benzene rings is 2. The monoisotopic (exact) mass is 437 g/mol. The Morgan fingerprint density at radius 3 is 2.35 bits per heavy atom. The quantitative estimate of drug-likeness (QED) is 0.253. The molecule has 8 heteroatoms. The maximum absolute atomic E-state index is 14.6. The molecule has 0 aliphatic heterocycles. The topological polar surface area (TPSA) is 87.4 Å². The number of halogens is 3. The Kier molecular flexibility index (Phi) is 9.49. The lowest BCUT2D eigenvalue weighted by Gasteiger charge is -2.16. The first kappa shape index (κ1) is 24.4. The van der Waals surface area contributed by atoms with Gasteiger partial charge in [-0.25, -0.2) is 13.2 Å². The number of rotatable bonds is 12. The van der Waals surface area contributed by atoms with Crippen molar-refractivity contribution >= 4 is 23.0 Å². The van der Waals surface area contributed by atoms with Crippen LogP contribution < -0.4 is 16.4 Å². The molecule has 0 aliphatic carbocycles. The van der Waals surface area contributed by atoms with Crippen LogP contribution in [0.3, 0.4) is 0 Å². The molecule has 2 atom stereocenters. The van der Waals surface area contributed by atoms with Gasteiger partial charge in [0.05, 0.1) is 17.1 Å². The summed E-state index contributed by atoms with van der Waals surface area (Å²) < 4.78 is 42.7. The number of carbonyl (C=O) groups excluding carboxylic acids is 1. The maximum atomic E-state index is 14.6. The lowest BCUT2D eigenvalue weighted by Crippen LogP contribution is -2.32. The van der Waals surface area contributed by atoms with E-state index in [1.807, 2.05) is 0 Å². The highest BCUT2D eigenvalue weighted by molar-refractivity contribution is 5.97. The third-order valence-corrected chi connectivity index (χ3v) is 5.01. The molecule has 0 radical (unpaired) electrons. The van der Waals surface area contributed by atoms with E-state index in [0.29, 0.717) is 6.42 Å². The predicted octanol–water partition coefficient (Wildman–Crippen LogP) is 5.70. The smallest absolute Gasteiger partial charge is 0.262 e. The van der Waals surface area contributed by atoms with Gasteiger partial charge in [-0.05, 0) is 36.2 Å². The summed E-state index contributed by atoms with van der Waals surface area (Å²) in [4.78, 5) is 12.0. The van der Waals surface area contributed by atoms with Gasteiger partial charge < -0.3 is 21.5 Å². The van der Waals surface area contributed by atoms with Gasteiger partial charge >= 0.3 is 0 Å². The summed E-state index contributed by atoms with van der Waals surface area (Å²) in [5.74, 6) is -1.87. The Labute approximate surface area is 180 Å². The first-order chi connectivity index (χ1) is 14.8. The molecule has 0 fully saturated rings. The average molecular weight is 438 g/mol. The van der Waals surface area contributed by atoms with Gasteiger partial charge in [-0.15, -0.1) is 0 Å². The van der Waals surface area contributed by atoms with Crippen molar-refractivity contribution in [2.24, 2.45) is 0 Å². The number of hydrogen-bond donors (Lipinski definition) is 4. The molecule has 2 rings (SSSR count). The van der Waals surface area contributed by atoms with Gasteiger partial charge in [0.1, 0.15) is 11.9 Å². The molecule has 0 aliphatic rings. The molecule has 0 bridgehead atoms. The number of anilines is 3. The van der Waals surface area contributed by atoms with Crippen LogP contribution in [-0.4, -0.2) is 23.4 Å². The van der Waals surface area contributed by atoms with Crippen molar-refractivity contribution in [1.82, 2.24) is 0 Å². The fraction of sp³-hybridized carbons (Fsp3) is 0.435. The molecular formula is C23H30F3N3O2. The molecule has 2 aromatic rings. The number of alkyl halides is 2. The second kappa shape index (κ2) is 12.1. The van der Waals surface area contributed by atoms with E-state index in [2.05, 4.69) is 17.6 Å². The summed E-state index contributed by atoms with van der Waals surface area (Å²) >= 11 is 0. The number of unbranched alkanes of at least 4 members (excludes halogenated alkanes) is 4. The second-order valence-electron chi connectivity index (χ2n) is 7.52. The largest absolute Gasteiger partial charge is 0.508 e. The minimum absolute atomic E-state index is 0.0394. The molecule has 170 valence electrons. The van der Waals surface area contributed by atoms with Gasteiger partial charge in [0.2, 0.25) is 6.17 Å². The Hall–Kier alpha value is -2.90. The highest BCUT2D eigenvalue weighted by atomic mass is 19.2. The minimum atomic E-state index is -2.35. The molecule has 0 unspecified atom stereocenters. The first-order valence-corrected chi connectivity index (χ1v) is 10.5. The molecule has 1 amide bonds. The zero-order valence-corrected chi connectivity index (χ0v) is 17.6. The van der Waals surface area contributed by atoms with Gasteiger partial charge in [-0.2, -0.15) is 0 Å². The number of nitrogens with two attached hydrogens (primary N) is 1. The van der Waals surface area contributed by atoms with Crippen molar-refractivity contribution in [3.8, 4) is 5.75 Å². The fourth-order valence-electron chi connectivity index (χ4n) is 3.10. The van der Waals surface area contributed by atoms with Crippen LogP contribution in [-0.2, 0) is 11.3 Å². The van der Waals surface area contributed by atoms with E-state index in [9.17, 15) is 23.1 Å². The predicted molar refractivity (Wildman–Crippen MR) is 118 cm³/mol. The molecule has 0 spiro atoms. The Balaban J connectivity index is 1.91. The number of phenols is 1. The van der Waals surface area contributed by atoms with Gasteiger partial charge in [0.25, 0.3) is 5.91 Å². The number of carbonyl (C=O) groups is 1. The highest BCUT2D eigenvalue weighted by Crippen LogP contribution is 2.29. The van der Waals surface area contributed by atoms with E-state index in [-0.39, 0.29) is 35.8 Å². The van der Waals surface area contributed by atoms with Gasteiger partial charge in [-0.3, -0.25) is 4.79 Å². The SMILES string of the molecule is CCCCCCC[C@@H](F)[C@@H](F)C(=O)Nc1ccc(NCc2ccc(O)cc2)c(F)c1N. The van der Waals surface area contributed by atoms with E-state index in [0.717, 1.165) is 31.2 Å². The van der Waals surface area contributed by atoms with Gasteiger partial charge in [0, 0.05) is 6.54 Å². The van der Waals surface area contributed by atoms with Crippen molar-refractivity contribution in [2.75, 3.05) is 16.4 Å². The van der Waals surface area contributed by atoms with Crippen LogP contribution in [0.15, 0.2) is 36.4 Å². The van der Waals surface area contributed by atoms with Crippen LogP contribution in [0.4, 0.5) is 30.2 Å². The van der Waals surface area contributed by atoms with E-state index in [4.69, 9.17) is 5.73 Å². The minimum Gasteiger partial charge on any atom is -0.508 e. The van der Waals surface area contributed by atoms with Crippen LogP contribution >= 0.6 is 0 Å². The zero-order valence-electron chi connectivity index (χ0n) is 17.6. The lowest BCUT2D eigenvalue weighted by atomic mass is 10.1. The normalized spacial score (nSPS) is 12.9. The van der Waals surface area contributed by atoms with Crippen LogP contribution in [0.25, 0.3) is 0 Å². The molecule has 2 aromatic carbocycles. The summed E-state index contributed by atoms with van der Waals surface area (Å²) in [5.41, 5.74) is 6.16. The van der Waals surface area contributed by atoms with Crippen molar-refractivity contribution in [3.05, 3.63) is 47.8 Å². The van der Waals surface area contributed by atoms with Crippen LogP contribution in [0.5, 0.6) is 5.75 Å². The number of nitrogen functional groups attached to an aromatic ring is 1. The van der Waals surface area contributed by atoms with Crippen LogP contribution in [0.1, 0.15) is 51.0 Å². The molecule has 5 N–H and O–H groups in total. The summed E-state index contributed by atoms with van der Waals surface area (Å²) in [6.07, 6.45) is 0.0429. The molecule has 0 saturated heterocycles. The number of phenolic OH excluding ortho intramolecular Hbond substituents is 1. The molecular weight excluding hydrogens is 407 g/mol. The van der Waals surface area contributed by atoms with Gasteiger partial charge in [0.15, 0.2) is 5.82 Å². The van der Waals surface area contributed by atoms with E-state index in [1.165, 1.54) is 24.3 Å². The third-order valence-electron chi connectivity index (χ3n) is 5.01. The average Bonchev–Trinajstić information content (AvgIpc) is 2.76. The number of hydrogen-bond acceptors (Lipinski definition) is 4. The maximum Gasteiger partial charge on any atom is 0.262 e. The summed E-state index contributed by atoms with van der Waals surface area (Å²) in [5, 5.41) is 14.3. The second-order valence-corrected chi connectivity index (χ2v) is 7.52. The third kappa shape index (κ3) is 7.38. The number of nitrogens with one attached hydrogen (secondary N) is 2. The van der Waals surface area contributed by atoms with Crippen molar-refractivity contribution in [2.45, 2.75) is 64.3 Å². The Morgan fingerprint density at radius 2 is 1.68 bits per heavy atom. The first-order valence-electron chi connectivity index (χ1n) is 10.5. The van der Waals surface area contributed by atoms with E-state index in [1.54, 1.807) is 12.1 Å². The van der Waals surface area contributed by atoms with Gasteiger partial charge in [-0.1, -0.05) is 51.2 Å². The number of amides is 1. The highest BCUT2D eigenvalue weighted by Gasteiger charge is 2.28. The lowest BCUT2D eigenvalue weighted by molar-refractivity contribution is -0.123. The molecule has 0 aromatic heterocycles. The molecule has 31 heavy (non-hydrogen) atoms. The summed E-state index contributed by atoms with van der Waals surface area (Å²) in [6.45, 7) is 2.34. The van der Waals surface area contributed by atoms with Crippen molar-refractivity contribution in [3.63, 3.8) is 0 Å². The fourth-order valence-corrected chi connectivity index (χ4v) is 3.10. The molecule has 0 saturated carbocycles. The molecule has 0 heterocycles. The van der Waals surface area contributed by atoms with E-state index >= 15 is 0 Å². The number of aromatic hydroxyl groups is 1. The summed E-state index contributed by atoms with van der Waals surface area (Å²) in [7, 11) is 0. The van der Waals surface area contributed by atoms with Crippen molar-refractivity contribution in [1.29, 1.82) is 0 Å². The standard InChI is InChI=1S/C23H30F3N3O2/c1-2-3-4-5-6-7-17(24)20(25)23(31)29-19-13-12-18(21(26)22(19)27)28-14-15-8-10-16(30)11-9-15/h8-13,17,20,28,30H,2-7,14,27H2,1H3,(H,29,31)/t17-,20-/m1/s1. The zero-order chi connectivity index (χ0) is 22.8. The van der Waals surface area contributed by atoms with Crippen LogP contribution in [0.2, 0.25) is 0 Å². The van der Waals surface area contributed by atoms with E-state index < -0.39 is 24.1 Å². The summed E-state index contributed by atoms with van der Waals surface area (Å²) in [6, 6.07) is 9.07. The van der Waals surface area contributed by atoms with Crippen molar-refractivity contribution < 1.29 is 23.1 Å².